The molecular formula is C20H32IN3O4. The minimum atomic E-state index is -0.155. The van der Waals surface area contributed by atoms with Crippen LogP contribution in [0.4, 0.5) is 0 Å². The Balaban J connectivity index is 0.00000392. The van der Waals surface area contributed by atoms with Crippen molar-refractivity contribution in [3.05, 3.63) is 23.8 Å². The molecule has 0 radical (unpaired) electrons. The molecule has 0 spiro atoms. The van der Waals surface area contributed by atoms with E-state index in [9.17, 15) is 4.79 Å². The molecule has 28 heavy (non-hydrogen) atoms. The number of nitrogens with one attached hydrogen (secondary N) is 1. The number of hydrogen-bond acceptors (Lipinski definition) is 5. The molecule has 2 rings (SSSR count). The van der Waals surface area contributed by atoms with Crippen molar-refractivity contribution in [2.24, 2.45) is 16.8 Å². The topological polar surface area (TPSA) is 72.4 Å². The third kappa shape index (κ3) is 6.15. The number of nitrogens with zero attached hydrogens (tertiary/aromatic N) is 2. The van der Waals surface area contributed by atoms with Gasteiger partial charge in [0.1, 0.15) is 0 Å². The fraction of sp³-hybridized carbons (Fsp3) is 0.600. The maximum absolute atomic E-state index is 12.0. The third-order valence-electron chi connectivity index (χ3n) is 4.69. The van der Waals surface area contributed by atoms with Crippen LogP contribution in [0.1, 0.15) is 26.3 Å². The van der Waals surface area contributed by atoms with E-state index in [2.05, 4.69) is 17.1 Å². The van der Waals surface area contributed by atoms with Gasteiger partial charge in [-0.1, -0.05) is 13.0 Å². The van der Waals surface area contributed by atoms with E-state index in [1.807, 2.05) is 32.0 Å². The highest BCUT2D eigenvalue weighted by atomic mass is 127. The number of benzene rings is 1. The van der Waals surface area contributed by atoms with Gasteiger partial charge in [0.05, 0.1) is 33.3 Å². The molecule has 2 unspecified atom stereocenters. The Hall–Kier alpha value is -1.71. The van der Waals surface area contributed by atoms with Crippen molar-refractivity contribution in [2.75, 3.05) is 40.5 Å². The van der Waals surface area contributed by atoms with Gasteiger partial charge < -0.3 is 24.4 Å². The second-order valence-corrected chi connectivity index (χ2v) is 6.60. The van der Waals surface area contributed by atoms with E-state index >= 15 is 0 Å². The molecule has 0 amide bonds. The number of ether oxygens (including phenoxy) is 3. The summed E-state index contributed by atoms with van der Waals surface area (Å²) in [5, 5.41) is 3.32. The molecule has 1 saturated heterocycles. The van der Waals surface area contributed by atoms with Gasteiger partial charge in [-0.3, -0.25) is 4.79 Å². The van der Waals surface area contributed by atoms with Crippen molar-refractivity contribution in [1.82, 2.24) is 10.2 Å². The molecular weight excluding hydrogens is 473 g/mol. The fourth-order valence-corrected chi connectivity index (χ4v) is 3.28. The molecule has 0 saturated carbocycles. The van der Waals surface area contributed by atoms with E-state index in [1.165, 1.54) is 7.11 Å². The Morgan fingerprint density at radius 2 is 2.00 bits per heavy atom. The average Bonchev–Trinajstić information content (AvgIpc) is 3.06. The molecule has 7 nitrogen and oxygen atoms in total. The largest absolute Gasteiger partial charge is 0.493 e. The Bertz CT molecular complexity index is 669. The molecule has 2 atom stereocenters. The van der Waals surface area contributed by atoms with E-state index in [0.29, 0.717) is 25.4 Å². The van der Waals surface area contributed by atoms with Crippen LogP contribution < -0.4 is 14.8 Å². The van der Waals surface area contributed by atoms with Crippen LogP contribution in [-0.4, -0.2) is 57.3 Å². The normalized spacial score (nSPS) is 19.0. The molecule has 0 aromatic heterocycles. The van der Waals surface area contributed by atoms with Crippen LogP contribution in [0.2, 0.25) is 0 Å². The molecule has 1 fully saturated rings. The lowest BCUT2D eigenvalue weighted by molar-refractivity contribution is -0.145. The van der Waals surface area contributed by atoms with E-state index < -0.39 is 0 Å². The number of halogens is 1. The van der Waals surface area contributed by atoms with Gasteiger partial charge in [0.15, 0.2) is 17.5 Å². The predicted molar refractivity (Wildman–Crippen MR) is 121 cm³/mol. The summed E-state index contributed by atoms with van der Waals surface area (Å²) in [6, 6.07) is 5.84. The summed E-state index contributed by atoms with van der Waals surface area (Å²) in [6.45, 7) is 9.30. The minimum Gasteiger partial charge on any atom is -0.493 e. The van der Waals surface area contributed by atoms with Crippen molar-refractivity contribution in [3.63, 3.8) is 0 Å². The van der Waals surface area contributed by atoms with Gasteiger partial charge in [0.25, 0.3) is 0 Å². The smallest absolute Gasteiger partial charge is 0.310 e. The number of aliphatic imine (C=N–C) groups is 1. The van der Waals surface area contributed by atoms with Gasteiger partial charge >= 0.3 is 5.97 Å². The van der Waals surface area contributed by atoms with Gasteiger partial charge in [-0.2, -0.15) is 0 Å². The molecule has 1 aliphatic rings. The highest BCUT2D eigenvalue weighted by Gasteiger charge is 2.36. The number of hydrogen-bond donors (Lipinski definition) is 1. The van der Waals surface area contributed by atoms with E-state index in [-0.39, 0.29) is 41.8 Å². The van der Waals surface area contributed by atoms with Crippen molar-refractivity contribution in [3.8, 4) is 11.5 Å². The third-order valence-corrected chi connectivity index (χ3v) is 4.69. The van der Waals surface area contributed by atoms with Crippen LogP contribution in [0, 0.1) is 11.8 Å². The zero-order valence-corrected chi connectivity index (χ0v) is 19.7. The van der Waals surface area contributed by atoms with Crippen LogP contribution in [0.15, 0.2) is 23.2 Å². The van der Waals surface area contributed by atoms with Crippen molar-refractivity contribution >= 4 is 35.9 Å². The van der Waals surface area contributed by atoms with Gasteiger partial charge in [-0.15, -0.1) is 24.0 Å². The van der Waals surface area contributed by atoms with Gasteiger partial charge in [0.2, 0.25) is 0 Å². The molecule has 0 bridgehead atoms. The molecule has 8 heteroatoms. The zero-order chi connectivity index (χ0) is 19.8. The molecule has 1 N–H and O–H groups in total. The number of carbonyl (C=O) groups excluding carboxylic acids is 1. The van der Waals surface area contributed by atoms with Gasteiger partial charge in [-0.05, 0) is 37.5 Å². The molecule has 1 aliphatic heterocycles. The van der Waals surface area contributed by atoms with Crippen molar-refractivity contribution in [1.29, 1.82) is 0 Å². The molecule has 1 aromatic carbocycles. The quantitative estimate of drug-likeness (QED) is 0.266. The Labute approximate surface area is 184 Å². The van der Waals surface area contributed by atoms with Crippen LogP contribution in [-0.2, 0) is 16.1 Å². The number of carbonyl (C=O) groups is 1. The van der Waals surface area contributed by atoms with E-state index in [0.717, 1.165) is 30.4 Å². The summed E-state index contributed by atoms with van der Waals surface area (Å²) in [7, 11) is 3.07. The van der Waals surface area contributed by atoms with E-state index in [4.69, 9.17) is 19.2 Å². The standard InChI is InChI=1S/C20H31N3O4.HI/c1-6-21-20(23-12-14(3)16(13-23)19(24)26-5)22-11-15-8-9-17(25-4)18(10-15)27-7-2;/h8-10,14,16H,6-7,11-13H2,1-5H3,(H,21,22);1H. The van der Waals surface area contributed by atoms with Crippen LogP contribution in [0.3, 0.4) is 0 Å². The predicted octanol–water partition coefficient (Wildman–Crippen LogP) is 2.92. The summed E-state index contributed by atoms with van der Waals surface area (Å²) in [5.41, 5.74) is 1.03. The summed E-state index contributed by atoms with van der Waals surface area (Å²) >= 11 is 0. The second-order valence-electron chi connectivity index (χ2n) is 6.60. The molecule has 0 aliphatic carbocycles. The summed E-state index contributed by atoms with van der Waals surface area (Å²) in [4.78, 5) is 18.8. The SMILES string of the molecule is CCNC(=NCc1ccc(OC)c(OCC)c1)N1CC(C)C(C(=O)OC)C1.I. The Morgan fingerprint density at radius 3 is 2.61 bits per heavy atom. The average molecular weight is 505 g/mol. The maximum Gasteiger partial charge on any atom is 0.310 e. The number of esters is 1. The lowest BCUT2D eigenvalue weighted by Gasteiger charge is -2.21. The maximum atomic E-state index is 12.0. The Kier molecular flexibility index (Phi) is 10.4. The number of likely N-dealkylation sites (tertiary alicyclic amines) is 1. The Morgan fingerprint density at radius 1 is 1.25 bits per heavy atom. The highest BCUT2D eigenvalue weighted by Crippen LogP contribution is 2.28. The van der Waals surface area contributed by atoms with Gasteiger partial charge in [-0.25, -0.2) is 4.99 Å². The second kappa shape index (κ2) is 12.0. The first-order valence-corrected chi connectivity index (χ1v) is 9.44. The van der Waals surface area contributed by atoms with Crippen molar-refractivity contribution < 1.29 is 19.0 Å². The first-order valence-electron chi connectivity index (χ1n) is 9.44. The lowest BCUT2D eigenvalue weighted by atomic mass is 9.99. The monoisotopic (exact) mass is 505 g/mol. The molecule has 158 valence electrons. The van der Waals surface area contributed by atoms with E-state index in [1.54, 1.807) is 7.11 Å². The zero-order valence-electron chi connectivity index (χ0n) is 17.4. The highest BCUT2D eigenvalue weighted by molar-refractivity contribution is 14.0. The van der Waals surface area contributed by atoms with Gasteiger partial charge in [0, 0.05) is 19.6 Å². The summed E-state index contributed by atoms with van der Waals surface area (Å²) in [5.74, 6) is 2.20. The van der Waals surface area contributed by atoms with Crippen LogP contribution in [0.5, 0.6) is 11.5 Å². The minimum absolute atomic E-state index is 0. The van der Waals surface area contributed by atoms with Crippen LogP contribution >= 0.6 is 24.0 Å². The van der Waals surface area contributed by atoms with Crippen molar-refractivity contribution in [2.45, 2.75) is 27.3 Å². The first-order chi connectivity index (χ1) is 13.0. The summed E-state index contributed by atoms with van der Waals surface area (Å²) < 4.78 is 15.9. The summed E-state index contributed by atoms with van der Waals surface area (Å²) in [6.07, 6.45) is 0. The number of methoxy groups -OCH3 is 2. The molecule has 1 heterocycles. The first kappa shape index (κ1) is 24.3. The lowest BCUT2D eigenvalue weighted by Crippen LogP contribution is -2.40. The fourth-order valence-electron chi connectivity index (χ4n) is 3.28. The number of guanidine groups is 1. The van der Waals surface area contributed by atoms with Crippen LogP contribution in [0.25, 0.3) is 0 Å². The molecule has 1 aromatic rings. The number of rotatable bonds is 7.